The third-order valence-corrected chi connectivity index (χ3v) is 4.53. The Kier molecular flexibility index (Phi) is 3.80. The van der Waals surface area contributed by atoms with E-state index in [9.17, 15) is 22.9 Å². The third-order valence-electron chi connectivity index (χ3n) is 3.56. The molecule has 0 saturated carbocycles. The first-order chi connectivity index (χ1) is 11.3. The van der Waals surface area contributed by atoms with Crippen molar-refractivity contribution in [2.24, 2.45) is 0 Å². The van der Waals surface area contributed by atoms with Crippen LogP contribution in [0.2, 0.25) is 0 Å². The Hall–Kier alpha value is -2.81. The molecule has 0 atom stereocenters. The van der Waals surface area contributed by atoms with Crippen molar-refractivity contribution in [3.63, 3.8) is 0 Å². The number of nitro groups is 1. The Labute approximate surface area is 136 Å². The number of rotatable bonds is 4. The molecular formula is C15H12FN3O4S. The molecule has 0 amide bonds. The summed E-state index contributed by atoms with van der Waals surface area (Å²) in [7, 11) is -3.70. The Morgan fingerprint density at radius 1 is 1.21 bits per heavy atom. The highest BCUT2D eigenvalue weighted by molar-refractivity contribution is 7.90. The maximum Gasteiger partial charge on any atom is 0.277 e. The van der Waals surface area contributed by atoms with Gasteiger partial charge in [-0.25, -0.2) is 17.8 Å². The molecule has 24 heavy (non-hydrogen) atoms. The van der Waals surface area contributed by atoms with Gasteiger partial charge in [-0.3, -0.25) is 10.1 Å². The third kappa shape index (κ3) is 2.73. The number of hydrogen-bond donors (Lipinski definition) is 0. The maximum atomic E-state index is 14.1. The van der Waals surface area contributed by atoms with Gasteiger partial charge in [0, 0.05) is 12.3 Å². The van der Waals surface area contributed by atoms with Crippen LogP contribution in [0.25, 0.3) is 11.0 Å². The smallest absolute Gasteiger partial charge is 0.277 e. The zero-order valence-corrected chi connectivity index (χ0v) is 13.3. The largest absolute Gasteiger partial charge is 0.310 e. The van der Waals surface area contributed by atoms with Gasteiger partial charge in [0.25, 0.3) is 5.69 Å². The summed E-state index contributed by atoms with van der Waals surface area (Å²) in [5, 5.41) is 10.9. The van der Waals surface area contributed by atoms with E-state index in [1.807, 2.05) is 0 Å². The highest BCUT2D eigenvalue weighted by Gasteiger charge is 2.24. The number of halogens is 1. The van der Waals surface area contributed by atoms with Gasteiger partial charge in [-0.05, 0) is 18.2 Å². The second-order valence-electron chi connectivity index (χ2n) is 5.24. The van der Waals surface area contributed by atoms with Crippen molar-refractivity contribution in [3.8, 4) is 0 Å². The van der Waals surface area contributed by atoms with E-state index in [0.29, 0.717) is 11.0 Å². The van der Waals surface area contributed by atoms with Crippen LogP contribution in [-0.4, -0.2) is 29.1 Å². The van der Waals surface area contributed by atoms with Gasteiger partial charge in [0.05, 0.1) is 28.1 Å². The Morgan fingerprint density at radius 2 is 1.92 bits per heavy atom. The lowest BCUT2D eigenvalue weighted by atomic mass is 10.1. The van der Waals surface area contributed by atoms with Crippen LogP contribution in [0, 0.1) is 15.9 Å². The minimum absolute atomic E-state index is 0.199. The fourth-order valence-corrected chi connectivity index (χ4v) is 3.35. The first-order valence-corrected chi connectivity index (χ1v) is 8.75. The summed E-state index contributed by atoms with van der Waals surface area (Å²) in [6.45, 7) is -0.314. The second-order valence-corrected chi connectivity index (χ2v) is 7.15. The van der Waals surface area contributed by atoms with E-state index in [1.165, 1.54) is 16.7 Å². The van der Waals surface area contributed by atoms with Gasteiger partial charge in [-0.2, -0.15) is 0 Å². The molecule has 0 aliphatic heterocycles. The normalized spacial score (nSPS) is 11.8. The van der Waals surface area contributed by atoms with E-state index >= 15 is 0 Å². The summed E-state index contributed by atoms with van der Waals surface area (Å²) in [5.74, 6) is -0.776. The molecule has 0 fully saturated rings. The van der Waals surface area contributed by atoms with Crippen molar-refractivity contribution < 1.29 is 17.7 Å². The number of sulfone groups is 1. The molecule has 3 rings (SSSR count). The van der Waals surface area contributed by atoms with Crippen molar-refractivity contribution in [1.82, 2.24) is 9.55 Å². The van der Waals surface area contributed by atoms with Crippen molar-refractivity contribution in [3.05, 3.63) is 64.0 Å². The fourth-order valence-electron chi connectivity index (χ4n) is 2.52. The molecular weight excluding hydrogens is 337 g/mol. The van der Waals surface area contributed by atoms with Crippen LogP contribution in [-0.2, 0) is 16.4 Å². The number of hydrogen-bond acceptors (Lipinski definition) is 5. The molecule has 0 aliphatic rings. The molecule has 0 spiro atoms. The van der Waals surface area contributed by atoms with E-state index in [1.54, 1.807) is 24.3 Å². The van der Waals surface area contributed by atoms with E-state index in [-0.39, 0.29) is 17.3 Å². The van der Waals surface area contributed by atoms with Gasteiger partial charge in [-0.15, -0.1) is 0 Å². The summed E-state index contributed by atoms with van der Waals surface area (Å²) in [6, 6.07) is 10.1. The number of nitro benzene ring substituents is 1. The first-order valence-electron chi connectivity index (χ1n) is 6.86. The van der Waals surface area contributed by atoms with Gasteiger partial charge in [-0.1, -0.05) is 18.2 Å². The lowest BCUT2D eigenvalue weighted by Gasteiger charge is -2.09. The monoisotopic (exact) mass is 349 g/mol. The van der Waals surface area contributed by atoms with Gasteiger partial charge >= 0.3 is 0 Å². The van der Waals surface area contributed by atoms with Crippen LogP contribution in [0.3, 0.4) is 0 Å². The average Bonchev–Trinajstić information content (AvgIpc) is 2.88. The van der Waals surface area contributed by atoms with E-state index in [0.717, 1.165) is 12.3 Å². The minimum Gasteiger partial charge on any atom is -0.310 e. The van der Waals surface area contributed by atoms with E-state index in [2.05, 4.69) is 4.98 Å². The van der Waals surface area contributed by atoms with Gasteiger partial charge in [0.1, 0.15) is 5.82 Å². The fraction of sp³-hybridized carbons (Fsp3) is 0.133. The minimum atomic E-state index is -3.70. The van der Waals surface area contributed by atoms with Crippen molar-refractivity contribution in [2.75, 3.05) is 6.26 Å². The highest BCUT2D eigenvalue weighted by atomic mass is 32.2. The molecule has 0 bridgehead atoms. The molecule has 0 aliphatic carbocycles. The molecule has 2 aromatic carbocycles. The zero-order chi connectivity index (χ0) is 17.5. The predicted octanol–water partition coefficient (Wildman–Crippen LogP) is 2.54. The van der Waals surface area contributed by atoms with Crippen molar-refractivity contribution in [1.29, 1.82) is 0 Å². The molecule has 9 heteroatoms. The van der Waals surface area contributed by atoms with Gasteiger partial charge in [0.15, 0.2) is 0 Å². The molecule has 124 valence electrons. The molecule has 0 saturated heterocycles. The number of imidazole rings is 1. The van der Waals surface area contributed by atoms with Gasteiger partial charge in [0.2, 0.25) is 15.0 Å². The van der Waals surface area contributed by atoms with Crippen LogP contribution in [0.5, 0.6) is 0 Å². The number of nitrogens with zero attached hydrogens (tertiary/aromatic N) is 3. The lowest BCUT2D eigenvalue weighted by Crippen LogP contribution is -2.12. The summed E-state index contributed by atoms with van der Waals surface area (Å²) in [4.78, 5) is 14.5. The summed E-state index contributed by atoms with van der Waals surface area (Å²) in [6.07, 6.45) is 0.987. The standard InChI is InChI=1S/C15H12FN3O4S/c1-24(22,23)15-17-12-6-2-3-7-14(12)18(15)9-10-11(16)5-4-8-13(10)19(20)21/h2-8H,9H2,1H3. The van der Waals surface area contributed by atoms with E-state index < -0.39 is 26.3 Å². The molecule has 0 unspecified atom stereocenters. The first kappa shape index (κ1) is 16.1. The van der Waals surface area contributed by atoms with E-state index in [4.69, 9.17) is 0 Å². The SMILES string of the molecule is CS(=O)(=O)c1nc2ccccc2n1Cc1c(F)cccc1[N+](=O)[O-]. The molecule has 3 aromatic rings. The second kappa shape index (κ2) is 5.68. The average molecular weight is 349 g/mol. The molecule has 1 heterocycles. The zero-order valence-electron chi connectivity index (χ0n) is 12.5. The van der Waals surface area contributed by atoms with Crippen LogP contribution in [0.1, 0.15) is 5.56 Å². The lowest BCUT2D eigenvalue weighted by molar-refractivity contribution is -0.385. The highest BCUT2D eigenvalue weighted by Crippen LogP contribution is 2.26. The van der Waals surface area contributed by atoms with Gasteiger partial charge < -0.3 is 4.57 Å². The van der Waals surface area contributed by atoms with Crippen LogP contribution < -0.4 is 0 Å². The van der Waals surface area contributed by atoms with Crippen molar-refractivity contribution in [2.45, 2.75) is 11.7 Å². The Balaban J connectivity index is 2.27. The molecule has 0 radical (unpaired) electrons. The number of fused-ring (bicyclic) bond motifs is 1. The number of benzene rings is 2. The Morgan fingerprint density at radius 3 is 2.58 bits per heavy atom. The summed E-state index contributed by atoms with van der Waals surface area (Å²) in [5.41, 5.74) is 0.259. The maximum absolute atomic E-state index is 14.1. The van der Waals surface area contributed by atoms with Crippen LogP contribution >= 0.6 is 0 Å². The summed E-state index contributed by atoms with van der Waals surface area (Å²) < 4.78 is 39.4. The molecule has 0 N–H and O–H groups in total. The molecule has 1 aromatic heterocycles. The Bertz CT molecular complexity index is 1060. The molecule has 7 nitrogen and oxygen atoms in total. The van der Waals surface area contributed by atoms with Crippen molar-refractivity contribution >= 4 is 26.6 Å². The van der Waals surface area contributed by atoms with Crippen LogP contribution in [0.15, 0.2) is 47.6 Å². The quantitative estimate of drug-likeness (QED) is 0.533. The summed E-state index contributed by atoms with van der Waals surface area (Å²) >= 11 is 0. The van der Waals surface area contributed by atoms with Crippen LogP contribution in [0.4, 0.5) is 10.1 Å². The topological polar surface area (TPSA) is 95.1 Å². The predicted molar refractivity (Wildman–Crippen MR) is 85.0 cm³/mol. The number of para-hydroxylation sites is 2. The number of aromatic nitrogens is 2.